The minimum absolute atomic E-state index is 0.00372. The van der Waals surface area contributed by atoms with Crippen molar-refractivity contribution in [3.63, 3.8) is 0 Å². The molecule has 1 fully saturated rings. The van der Waals surface area contributed by atoms with Gasteiger partial charge in [-0.2, -0.15) is 0 Å². The number of carbonyl (C=O) groups is 2. The van der Waals surface area contributed by atoms with Crippen molar-refractivity contribution >= 4 is 11.7 Å². The SMILES string of the molecule is CNC(=O)c1ccc(C2OC2C(=O)c2ccccc2)cc1. The second-order valence-electron chi connectivity index (χ2n) is 4.91. The minimum atomic E-state index is -0.418. The lowest BCUT2D eigenvalue weighted by atomic mass is 10.0. The van der Waals surface area contributed by atoms with E-state index >= 15 is 0 Å². The zero-order valence-electron chi connectivity index (χ0n) is 11.6. The number of nitrogens with one attached hydrogen (secondary N) is 1. The summed E-state index contributed by atoms with van der Waals surface area (Å²) in [5.74, 6) is -0.133. The summed E-state index contributed by atoms with van der Waals surface area (Å²) < 4.78 is 5.50. The maximum Gasteiger partial charge on any atom is 0.251 e. The number of ether oxygens (including phenoxy) is 1. The van der Waals surface area contributed by atoms with E-state index in [1.165, 1.54) is 0 Å². The first-order valence-electron chi connectivity index (χ1n) is 6.77. The fraction of sp³-hybridized carbons (Fsp3) is 0.176. The highest BCUT2D eigenvalue weighted by atomic mass is 16.6. The quantitative estimate of drug-likeness (QED) is 0.691. The van der Waals surface area contributed by atoms with Crippen LogP contribution < -0.4 is 5.32 Å². The molecule has 106 valence electrons. The fourth-order valence-corrected chi connectivity index (χ4v) is 2.30. The van der Waals surface area contributed by atoms with Crippen molar-refractivity contribution in [3.8, 4) is 0 Å². The Bertz CT molecular complexity index is 664. The molecule has 2 aromatic rings. The van der Waals surface area contributed by atoms with Crippen LogP contribution in [0.3, 0.4) is 0 Å². The van der Waals surface area contributed by atoms with Crippen molar-refractivity contribution in [2.45, 2.75) is 12.2 Å². The van der Waals surface area contributed by atoms with Crippen LogP contribution in [-0.2, 0) is 4.74 Å². The zero-order valence-corrected chi connectivity index (χ0v) is 11.6. The average molecular weight is 281 g/mol. The molecule has 21 heavy (non-hydrogen) atoms. The van der Waals surface area contributed by atoms with Gasteiger partial charge in [0.05, 0.1) is 0 Å². The molecule has 2 aromatic carbocycles. The van der Waals surface area contributed by atoms with Crippen LogP contribution in [0, 0.1) is 0 Å². The van der Waals surface area contributed by atoms with Crippen LogP contribution >= 0.6 is 0 Å². The second kappa shape index (κ2) is 5.50. The highest BCUT2D eigenvalue weighted by molar-refractivity contribution is 6.01. The molecule has 2 atom stereocenters. The molecule has 0 spiro atoms. The van der Waals surface area contributed by atoms with Gasteiger partial charge in [0.15, 0.2) is 11.9 Å². The third-order valence-electron chi connectivity index (χ3n) is 3.54. The number of amides is 1. The van der Waals surface area contributed by atoms with E-state index in [9.17, 15) is 9.59 Å². The van der Waals surface area contributed by atoms with Gasteiger partial charge in [0.2, 0.25) is 0 Å². The lowest BCUT2D eigenvalue weighted by Gasteiger charge is -2.01. The second-order valence-corrected chi connectivity index (χ2v) is 4.91. The molecule has 2 unspecified atom stereocenters. The van der Waals surface area contributed by atoms with Crippen molar-refractivity contribution < 1.29 is 14.3 Å². The van der Waals surface area contributed by atoms with Gasteiger partial charge >= 0.3 is 0 Å². The van der Waals surface area contributed by atoms with Crippen LogP contribution in [0.4, 0.5) is 0 Å². The maximum absolute atomic E-state index is 12.2. The molecule has 4 nitrogen and oxygen atoms in total. The van der Waals surface area contributed by atoms with Gasteiger partial charge in [0, 0.05) is 18.2 Å². The molecule has 1 aliphatic heterocycles. The Morgan fingerprint density at radius 1 is 0.952 bits per heavy atom. The largest absolute Gasteiger partial charge is 0.356 e. The predicted octanol–water partition coefficient (Wildman–Crippen LogP) is 2.37. The third kappa shape index (κ3) is 2.71. The third-order valence-corrected chi connectivity index (χ3v) is 3.54. The molecule has 0 aliphatic carbocycles. The average Bonchev–Trinajstić information content (AvgIpc) is 3.35. The number of Topliss-reactive ketones (excluding diaryl/α,β-unsaturated/α-hetero) is 1. The number of hydrogen-bond donors (Lipinski definition) is 1. The van der Waals surface area contributed by atoms with Gasteiger partial charge in [-0.1, -0.05) is 42.5 Å². The summed E-state index contributed by atoms with van der Waals surface area (Å²) in [5.41, 5.74) is 2.16. The molecule has 1 aliphatic rings. The van der Waals surface area contributed by atoms with Gasteiger partial charge in [-0.25, -0.2) is 0 Å². The molecular formula is C17H15NO3. The van der Waals surface area contributed by atoms with E-state index in [0.29, 0.717) is 11.1 Å². The van der Waals surface area contributed by atoms with Gasteiger partial charge in [0.25, 0.3) is 5.91 Å². The number of benzene rings is 2. The van der Waals surface area contributed by atoms with Crippen molar-refractivity contribution in [3.05, 3.63) is 71.3 Å². The van der Waals surface area contributed by atoms with E-state index in [2.05, 4.69) is 5.32 Å². The highest BCUT2D eigenvalue weighted by Crippen LogP contribution is 2.40. The van der Waals surface area contributed by atoms with E-state index in [0.717, 1.165) is 5.56 Å². The summed E-state index contributed by atoms with van der Waals surface area (Å²) in [6.07, 6.45) is -0.630. The smallest absolute Gasteiger partial charge is 0.251 e. The van der Waals surface area contributed by atoms with Crippen LogP contribution in [0.15, 0.2) is 54.6 Å². The Hall–Kier alpha value is -2.46. The highest BCUT2D eigenvalue weighted by Gasteiger charge is 2.46. The Morgan fingerprint density at radius 2 is 1.62 bits per heavy atom. The van der Waals surface area contributed by atoms with E-state index in [1.807, 2.05) is 30.3 Å². The summed E-state index contributed by atoms with van der Waals surface area (Å²) >= 11 is 0. The summed E-state index contributed by atoms with van der Waals surface area (Å²) in [4.78, 5) is 23.7. The number of rotatable bonds is 4. The van der Waals surface area contributed by atoms with Gasteiger partial charge in [-0.05, 0) is 17.7 Å². The number of epoxide rings is 1. The van der Waals surface area contributed by atoms with Crippen molar-refractivity contribution in [1.29, 1.82) is 0 Å². The Balaban J connectivity index is 1.70. The number of hydrogen-bond acceptors (Lipinski definition) is 3. The molecule has 3 rings (SSSR count). The van der Waals surface area contributed by atoms with Crippen LogP contribution in [-0.4, -0.2) is 24.8 Å². The van der Waals surface area contributed by atoms with E-state index in [-0.39, 0.29) is 17.8 Å². The fourth-order valence-electron chi connectivity index (χ4n) is 2.30. The topological polar surface area (TPSA) is 58.7 Å². The predicted molar refractivity (Wildman–Crippen MR) is 78.2 cm³/mol. The summed E-state index contributed by atoms with van der Waals surface area (Å²) in [6, 6.07) is 16.2. The van der Waals surface area contributed by atoms with Crippen molar-refractivity contribution in [2.24, 2.45) is 0 Å². The first-order valence-corrected chi connectivity index (χ1v) is 6.77. The molecular weight excluding hydrogens is 266 g/mol. The monoisotopic (exact) mass is 281 g/mol. The van der Waals surface area contributed by atoms with Gasteiger partial charge in [-0.3, -0.25) is 9.59 Å². The standard InChI is InChI=1S/C17H15NO3/c1-18-17(20)13-9-7-12(8-10-13)15-16(21-15)14(19)11-5-3-2-4-6-11/h2-10,15-16H,1H3,(H,18,20). The van der Waals surface area contributed by atoms with Crippen molar-refractivity contribution in [1.82, 2.24) is 5.32 Å². The lowest BCUT2D eigenvalue weighted by molar-refractivity contribution is 0.0949. The van der Waals surface area contributed by atoms with Gasteiger partial charge in [0.1, 0.15) is 6.10 Å². The lowest BCUT2D eigenvalue weighted by Crippen LogP contribution is -2.17. The Morgan fingerprint density at radius 3 is 2.24 bits per heavy atom. The van der Waals surface area contributed by atoms with E-state index in [1.54, 1.807) is 31.3 Å². The van der Waals surface area contributed by atoms with E-state index in [4.69, 9.17) is 4.74 Å². The van der Waals surface area contributed by atoms with Crippen LogP contribution in [0.2, 0.25) is 0 Å². The minimum Gasteiger partial charge on any atom is -0.356 e. The number of carbonyl (C=O) groups excluding carboxylic acids is 2. The maximum atomic E-state index is 12.2. The summed E-state index contributed by atoms with van der Waals surface area (Å²) in [7, 11) is 1.59. The normalized spacial score (nSPS) is 19.9. The number of ketones is 1. The van der Waals surface area contributed by atoms with Gasteiger partial charge in [-0.15, -0.1) is 0 Å². The summed E-state index contributed by atoms with van der Waals surface area (Å²) in [5, 5.41) is 2.57. The Kier molecular flexibility index (Phi) is 3.54. The zero-order chi connectivity index (χ0) is 14.8. The molecule has 0 bridgehead atoms. The molecule has 1 saturated heterocycles. The molecule has 1 amide bonds. The molecule has 1 N–H and O–H groups in total. The molecule has 0 saturated carbocycles. The van der Waals surface area contributed by atoms with Crippen LogP contribution in [0.5, 0.6) is 0 Å². The molecule has 0 radical (unpaired) electrons. The molecule has 1 heterocycles. The van der Waals surface area contributed by atoms with Crippen molar-refractivity contribution in [2.75, 3.05) is 7.05 Å². The molecule has 4 heteroatoms. The Labute approximate surface area is 122 Å². The first-order chi connectivity index (χ1) is 10.2. The molecule has 0 aromatic heterocycles. The van der Waals surface area contributed by atoms with Crippen LogP contribution in [0.1, 0.15) is 32.4 Å². The van der Waals surface area contributed by atoms with E-state index < -0.39 is 6.10 Å². The first kappa shape index (κ1) is 13.5. The van der Waals surface area contributed by atoms with Crippen LogP contribution in [0.25, 0.3) is 0 Å². The van der Waals surface area contributed by atoms with Gasteiger partial charge < -0.3 is 10.1 Å². The summed E-state index contributed by atoms with van der Waals surface area (Å²) in [6.45, 7) is 0.